The highest BCUT2D eigenvalue weighted by Crippen LogP contribution is 2.22. The molecule has 0 radical (unpaired) electrons. The van der Waals surface area contributed by atoms with Crippen molar-refractivity contribution in [2.24, 2.45) is 0 Å². The Labute approximate surface area is 155 Å². The predicted molar refractivity (Wildman–Crippen MR) is 93.3 cm³/mol. The third-order valence-electron chi connectivity index (χ3n) is 3.92. The third-order valence-corrected chi connectivity index (χ3v) is 4.50. The highest BCUT2D eigenvalue weighted by Gasteiger charge is 2.39. The quantitative estimate of drug-likeness (QED) is 0.759. The van der Waals surface area contributed by atoms with Crippen molar-refractivity contribution < 1.29 is 19.5 Å². The fourth-order valence-corrected chi connectivity index (χ4v) is 3.18. The van der Waals surface area contributed by atoms with Crippen LogP contribution in [-0.4, -0.2) is 58.4 Å². The molecular formula is C17H16Cl2N2O4. The summed E-state index contributed by atoms with van der Waals surface area (Å²) >= 11 is 12.0. The van der Waals surface area contributed by atoms with Gasteiger partial charge in [0.05, 0.1) is 19.5 Å². The van der Waals surface area contributed by atoms with Gasteiger partial charge in [0.15, 0.2) is 0 Å². The zero-order valence-corrected chi connectivity index (χ0v) is 14.8. The summed E-state index contributed by atoms with van der Waals surface area (Å²) in [6.45, 7) is 0.00710. The summed E-state index contributed by atoms with van der Waals surface area (Å²) in [4.78, 5) is 38.4. The van der Waals surface area contributed by atoms with E-state index in [1.807, 2.05) is 0 Å². The molecule has 0 saturated carbocycles. The molecule has 8 heteroatoms. The van der Waals surface area contributed by atoms with E-state index in [2.05, 4.69) is 5.92 Å². The summed E-state index contributed by atoms with van der Waals surface area (Å²) < 4.78 is 0. The van der Waals surface area contributed by atoms with E-state index >= 15 is 0 Å². The fourth-order valence-electron chi connectivity index (χ4n) is 2.68. The standard InChI is InChI=1S/C17H16Cl2N2O4/c1-2-6-21-14(9-16(23)24)17(25)20(10-15(21)22)7-5-11-3-4-12(18)8-13(11)19/h1,3-4,8,14H,5-7,9-10H2,(H,23,24). The predicted octanol–water partition coefficient (Wildman–Crippen LogP) is 1.68. The molecule has 0 aliphatic carbocycles. The van der Waals surface area contributed by atoms with Crippen LogP contribution in [0.2, 0.25) is 10.0 Å². The van der Waals surface area contributed by atoms with Crippen LogP contribution in [0.15, 0.2) is 18.2 Å². The van der Waals surface area contributed by atoms with Crippen molar-refractivity contribution in [1.82, 2.24) is 9.80 Å². The third kappa shape index (κ3) is 4.65. The van der Waals surface area contributed by atoms with Crippen molar-refractivity contribution in [3.8, 4) is 12.3 Å². The van der Waals surface area contributed by atoms with E-state index in [4.69, 9.17) is 34.7 Å². The zero-order valence-electron chi connectivity index (χ0n) is 13.2. The number of carbonyl (C=O) groups is 3. The van der Waals surface area contributed by atoms with Gasteiger partial charge in [-0.2, -0.15) is 0 Å². The maximum Gasteiger partial charge on any atom is 0.305 e. The molecule has 1 aromatic carbocycles. The second kappa shape index (κ2) is 8.24. The monoisotopic (exact) mass is 382 g/mol. The lowest BCUT2D eigenvalue weighted by molar-refractivity contribution is -0.158. The molecule has 1 heterocycles. The van der Waals surface area contributed by atoms with Gasteiger partial charge < -0.3 is 14.9 Å². The van der Waals surface area contributed by atoms with E-state index in [0.717, 1.165) is 10.5 Å². The molecule has 0 bridgehead atoms. The Morgan fingerprint density at radius 1 is 1.36 bits per heavy atom. The van der Waals surface area contributed by atoms with Crippen molar-refractivity contribution >= 4 is 41.0 Å². The van der Waals surface area contributed by atoms with Crippen LogP contribution >= 0.6 is 23.2 Å². The van der Waals surface area contributed by atoms with Crippen LogP contribution in [0.25, 0.3) is 0 Å². The second-order valence-corrected chi connectivity index (χ2v) is 6.43. The number of piperazine rings is 1. The number of terminal acetylenes is 1. The first-order chi connectivity index (χ1) is 11.8. The van der Waals surface area contributed by atoms with Gasteiger partial charge in [-0.3, -0.25) is 14.4 Å². The number of rotatable bonds is 6. The van der Waals surface area contributed by atoms with Gasteiger partial charge in [0.2, 0.25) is 11.8 Å². The van der Waals surface area contributed by atoms with Crippen LogP contribution in [0.4, 0.5) is 0 Å². The lowest BCUT2D eigenvalue weighted by Crippen LogP contribution is -2.60. The number of aliphatic carboxylic acids is 1. The van der Waals surface area contributed by atoms with Crippen LogP contribution in [0, 0.1) is 12.3 Å². The fraction of sp³-hybridized carbons (Fsp3) is 0.353. The molecule has 6 nitrogen and oxygen atoms in total. The lowest BCUT2D eigenvalue weighted by Gasteiger charge is -2.39. The molecule has 0 aromatic heterocycles. The summed E-state index contributed by atoms with van der Waals surface area (Å²) in [5, 5.41) is 10.00. The number of hydrogen-bond acceptors (Lipinski definition) is 3. The van der Waals surface area contributed by atoms with E-state index < -0.39 is 24.3 Å². The molecule has 1 unspecified atom stereocenters. The summed E-state index contributed by atoms with van der Waals surface area (Å²) in [7, 11) is 0. The number of amides is 2. The minimum absolute atomic E-state index is 0.0978. The minimum Gasteiger partial charge on any atom is -0.481 e. The molecule has 2 rings (SSSR count). The topological polar surface area (TPSA) is 77.9 Å². The SMILES string of the molecule is C#CCN1C(=O)CN(CCc2ccc(Cl)cc2Cl)C(=O)C1CC(=O)O. The van der Waals surface area contributed by atoms with E-state index in [0.29, 0.717) is 16.5 Å². The van der Waals surface area contributed by atoms with Gasteiger partial charge in [0.1, 0.15) is 6.04 Å². The van der Waals surface area contributed by atoms with Gasteiger partial charge in [-0.25, -0.2) is 0 Å². The Morgan fingerprint density at radius 2 is 2.08 bits per heavy atom. The van der Waals surface area contributed by atoms with E-state index in [1.54, 1.807) is 18.2 Å². The molecule has 1 saturated heterocycles. The van der Waals surface area contributed by atoms with Crippen LogP contribution in [-0.2, 0) is 20.8 Å². The first-order valence-electron chi connectivity index (χ1n) is 7.51. The Balaban J connectivity index is 2.13. The smallest absolute Gasteiger partial charge is 0.305 e. The molecule has 1 atom stereocenters. The minimum atomic E-state index is -1.17. The molecule has 1 aliphatic rings. The molecule has 25 heavy (non-hydrogen) atoms. The van der Waals surface area contributed by atoms with Gasteiger partial charge in [0, 0.05) is 16.6 Å². The average molecular weight is 383 g/mol. The van der Waals surface area contributed by atoms with Crippen molar-refractivity contribution in [2.45, 2.75) is 18.9 Å². The summed E-state index contributed by atoms with van der Waals surface area (Å²) in [5.41, 5.74) is 0.784. The van der Waals surface area contributed by atoms with Gasteiger partial charge in [-0.05, 0) is 24.1 Å². The summed E-state index contributed by atoms with van der Waals surface area (Å²) in [5.74, 6) is 0.320. The number of carboxylic acid groups (broad SMARTS) is 1. The van der Waals surface area contributed by atoms with E-state index in [9.17, 15) is 14.4 Å². The molecule has 132 valence electrons. The molecule has 1 aliphatic heterocycles. The molecular weight excluding hydrogens is 367 g/mol. The second-order valence-electron chi connectivity index (χ2n) is 5.58. The molecule has 1 fully saturated rings. The van der Waals surface area contributed by atoms with Gasteiger partial charge in [-0.15, -0.1) is 6.42 Å². The van der Waals surface area contributed by atoms with Crippen molar-refractivity contribution in [2.75, 3.05) is 19.6 Å². The van der Waals surface area contributed by atoms with Crippen LogP contribution in [0.5, 0.6) is 0 Å². The molecule has 2 amide bonds. The Hall–Kier alpha value is -2.23. The number of carbonyl (C=O) groups excluding carboxylic acids is 2. The number of benzene rings is 1. The van der Waals surface area contributed by atoms with Gasteiger partial charge in [0.25, 0.3) is 0 Å². The lowest BCUT2D eigenvalue weighted by atomic mass is 10.1. The highest BCUT2D eigenvalue weighted by atomic mass is 35.5. The van der Waals surface area contributed by atoms with E-state index in [1.165, 1.54) is 4.90 Å². The summed E-state index contributed by atoms with van der Waals surface area (Å²) in [6.07, 6.45) is 5.16. The number of hydrogen-bond donors (Lipinski definition) is 1. The number of carboxylic acids is 1. The van der Waals surface area contributed by atoms with E-state index in [-0.39, 0.29) is 25.5 Å². The largest absolute Gasteiger partial charge is 0.481 e. The zero-order chi connectivity index (χ0) is 18.6. The Morgan fingerprint density at radius 3 is 2.68 bits per heavy atom. The average Bonchev–Trinajstić information content (AvgIpc) is 2.53. The Bertz CT molecular complexity index is 745. The first-order valence-corrected chi connectivity index (χ1v) is 8.26. The van der Waals surface area contributed by atoms with Crippen molar-refractivity contribution in [3.05, 3.63) is 33.8 Å². The molecule has 0 spiro atoms. The maximum absolute atomic E-state index is 12.6. The van der Waals surface area contributed by atoms with Crippen LogP contribution < -0.4 is 0 Å². The molecule has 1 aromatic rings. The van der Waals surface area contributed by atoms with Crippen LogP contribution in [0.3, 0.4) is 0 Å². The van der Waals surface area contributed by atoms with Crippen molar-refractivity contribution in [3.63, 3.8) is 0 Å². The van der Waals surface area contributed by atoms with Crippen molar-refractivity contribution in [1.29, 1.82) is 0 Å². The normalized spacial score (nSPS) is 17.6. The Kier molecular flexibility index (Phi) is 6.29. The van der Waals surface area contributed by atoms with Gasteiger partial charge in [-0.1, -0.05) is 35.2 Å². The highest BCUT2D eigenvalue weighted by molar-refractivity contribution is 6.35. The first kappa shape index (κ1) is 19.1. The van der Waals surface area contributed by atoms with Crippen LogP contribution in [0.1, 0.15) is 12.0 Å². The maximum atomic E-state index is 12.6. The number of halogens is 2. The summed E-state index contributed by atoms with van der Waals surface area (Å²) in [6, 6.07) is 3.95. The number of nitrogens with zero attached hydrogens (tertiary/aromatic N) is 2. The molecule has 1 N–H and O–H groups in total. The van der Waals surface area contributed by atoms with Gasteiger partial charge >= 0.3 is 5.97 Å².